The lowest BCUT2D eigenvalue weighted by Gasteiger charge is -2.30. The lowest BCUT2D eigenvalue weighted by Crippen LogP contribution is -2.60. The van der Waals surface area contributed by atoms with Crippen LogP contribution in [0, 0.1) is 5.92 Å². The average Bonchev–Trinajstić information content (AvgIpc) is 3.96. The summed E-state index contributed by atoms with van der Waals surface area (Å²) in [6, 6.07) is 7.62. The third-order valence-electron chi connectivity index (χ3n) is 9.86. The van der Waals surface area contributed by atoms with Gasteiger partial charge in [0.2, 0.25) is 21.8 Å². The molecule has 3 amide bonds. The van der Waals surface area contributed by atoms with Gasteiger partial charge in [-0.05, 0) is 68.2 Å². The van der Waals surface area contributed by atoms with Crippen LogP contribution < -0.4 is 20.1 Å². The van der Waals surface area contributed by atoms with Gasteiger partial charge in [-0.3, -0.25) is 24.4 Å². The molecule has 3 fully saturated rings. The van der Waals surface area contributed by atoms with Crippen molar-refractivity contribution < 1.29 is 40.7 Å². The van der Waals surface area contributed by atoms with Crippen molar-refractivity contribution in [2.45, 2.75) is 99.4 Å². The predicted molar refractivity (Wildman–Crippen MR) is 172 cm³/mol. The molecule has 0 radical (unpaired) electrons. The van der Waals surface area contributed by atoms with Crippen LogP contribution >= 0.6 is 0 Å². The number of alkyl halides is 3. The Kier molecular flexibility index (Phi) is 9.51. The van der Waals surface area contributed by atoms with Crippen LogP contribution in [0.15, 0.2) is 49.1 Å². The molecule has 10 nitrogen and oxygen atoms in total. The Labute approximate surface area is 277 Å². The van der Waals surface area contributed by atoms with E-state index in [0.717, 1.165) is 46.9 Å². The molecule has 0 aromatic heterocycles. The van der Waals surface area contributed by atoms with Gasteiger partial charge in [-0.2, -0.15) is 13.2 Å². The van der Waals surface area contributed by atoms with Gasteiger partial charge >= 0.3 is 6.18 Å². The minimum absolute atomic E-state index is 0.0373. The number of hydrogen-bond donors (Lipinski definition) is 3. The maximum absolute atomic E-state index is 14.4. The number of rotatable bonds is 6. The van der Waals surface area contributed by atoms with Gasteiger partial charge in [-0.1, -0.05) is 49.6 Å². The lowest BCUT2D eigenvalue weighted by atomic mass is 10.0. The second-order valence-corrected chi connectivity index (χ2v) is 15.4. The van der Waals surface area contributed by atoms with Crippen LogP contribution in [0.25, 0.3) is 10.8 Å². The van der Waals surface area contributed by atoms with E-state index < -0.39 is 68.8 Å². The van der Waals surface area contributed by atoms with Crippen LogP contribution in [0.2, 0.25) is 0 Å². The smallest absolute Gasteiger partial charge is 0.412 e. The summed E-state index contributed by atoms with van der Waals surface area (Å²) >= 11 is 0. The van der Waals surface area contributed by atoms with E-state index in [1.165, 1.54) is 6.08 Å². The molecular weight excluding hydrogens is 649 g/mol. The number of hydrogen-bond acceptors (Lipinski definition) is 7. The SMILES string of the molecule is C=C[C@H]1C[C@]1(NC(=O)[C@@H]1C[C@@H]2CN1C(=O)[C@H](C(F)(F)F)NCCCCCCCc1ccc3cccc(c3c1)O2)C(=O)NS(=O)(=O)C1CC1. The summed E-state index contributed by atoms with van der Waals surface area (Å²) in [6.07, 6.45) is 1.05. The highest BCUT2D eigenvalue weighted by molar-refractivity contribution is 7.91. The zero-order chi connectivity index (χ0) is 34.3. The van der Waals surface area contributed by atoms with Crippen LogP contribution in [-0.4, -0.2) is 79.3 Å². The van der Waals surface area contributed by atoms with Crippen LogP contribution in [0.3, 0.4) is 0 Å². The first-order chi connectivity index (χ1) is 22.8. The Balaban J connectivity index is 1.30. The standard InChI is InChI=1S/C34H41F3N4O6S/c1-2-23-19-33(23,32(44)40-48(45,46)25-14-15-25)39-30(42)27-18-24-20-41(27)31(43)29(34(35,36)37)38-16-7-5-3-4-6-9-21-12-13-22-10-8-11-28(47-24)26(22)17-21/h2,8,10-13,17,23-25,27,29,38H,1,3-7,9,14-16,18-20H2,(H,39,42)(H,40,44)/t23-,24+,27-,29+,33+/m0/s1. The van der Waals surface area contributed by atoms with E-state index in [1.807, 2.05) is 18.2 Å². The molecule has 2 aliphatic heterocycles. The summed E-state index contributed by atoms with van der Waals surface area (Å²) < 4.78 is 76.6. The fraction of sp³-hybridized carbons (Fsp3) is 0.559. The number of carbonyl (C=O) groups excluding carboxylic acids is 3. The molecule has 5 atom stereocenters. The number of carbonyl (C=O) groups is 3. The van der Waals surface area contributed by atoms with Crippen LogP contribution in [0.5, 0.6) is 5.75 Å². The van der Waals surface area contributed by atoms with Crippen molar-refractivity contribution in [3.05, 3.63) is 54.6 Å². The van der Waals surface area contributed by atoms with Gasteiger partial charge in [0.15, 0.2) is 6.04 Å². The molecule has 2 aliphatic carbocycles. The summed E-state index contributed by atoms with van der Waals surface area (Å²) in [7, 11) is -3.95. The molecule has 4 bridgehead atoms. The van der Waals surface area contributed by atoms with E-state index in [9.17, 15) is 36.0 Å². The summed E-state index contributed by atoms with van der Waals surface area (Å²) in [5.41, 5.74) is -0.530. The van der Waals surface area contributed by atoms with Crippen molar-refractivity contribution in [3.8, 4) is 5.75 Å². The molecule has 3 N–H and O–H groups in total. The number of nitrogens with one attached hydrogen (secondary N) is 3. The van der Waals surface area contributed by atoms with Crippen LogP contribution in [-0.2, 0) is 30.8 Å². The maximum atomic E-state index is 14.4. The largest absolute Gasteiger partial charge is 0.488 e. The fourth-order valence-corrected chi connectivity index (χ4v) is 8.23. The number of nitrogens with zero attached hydrogens (tertiary/aromatic N) is 1. The number of ether oxygens (including phenoxy) is 1. The molecule has 2 aromatic carbocycles. The van der Waals surface area contributed by atoms with Crippen molar-refractivity contribution >= 4 is 38.5 Å². The molecule has 260 valence electrons. The number of sulfonamides is 1. The lowest BCUT2D eigenvalue weighted by molar-refractivity contribution is -0.177. The summed E-state index contributed by atoms with van der Waals surface area (Å²) in [6.45, 7) is 3.34. The van der Waals surface area contributed by atoms with Gasteiger partial charge in [0.1, 0.15) is 23.4 Å². The highest BCUT2D eigenvalue weighted by Gasteiger charge is 2.62. The van der Waals surface area contributed by atoms with Gasteiger partial charge < -0.3 is 15.0 Å². The molecule has 2 aromatic rings. The van der Waals surface area contributed by atoms with E-state index in [0.29, 0.717) is 31.4 Å². The van der Waals surface area contributed by atoms with Crippen molar-refractivity contribution in [1.82, 2.24) is 20.3 Å². The van der Waals surface area contributed by atoms with E-state index in [2.05, 4.69) is 28.0 Å². The number of aryl methyl sites for hydroxylation is 1. The molecule has 2 saturated carbocycles. The minimum Gasteiger partial charge on any atom is -0.488 e. The van der Waals surface area contributed by atoms with Gasteiger partial charge in [-0.25, -0.2) is 8.42 Å². The quantitative estimate of drug-likeness (QED) is 0.392. The van der Waals surface area contributed by atoms with E-state index >= 15 is 0 Å². The fourth-order valence-electron chi connectivity index (χ4n) is 6.86. The van der Waals surface area contributed by atoms with Gasteiger partial charge in [0.05, 0.1) is 11.8 Å². The molecule has 6 rings (SSSR count). The molecule has 1 saturated heterocycles. The van der Waals surface area contributed by atoms with Crippen molar-refractivity contribution in [2.24, 2.45) is 5.92 Å². The first-order valence-corrected chi connectivity index (χ1v) is 18.2. The summed E-state index contributed by atoms with van der Waals surface area (Å²) in [4.78, 5) is 41.8. The minimum atomic E-state index is -4.94. The summed E-state index contributed by atoms with van der Waals surface area (Å²) in [5.74, 6) is -3.25. The van der Waals surface area contributed by atoms with E-state index in [1.54, 1.807) is 12.1 Å². The molecule has 0 spiro atoms. The predicted octanol–water partition coefficient (Wildman–Crippen LogP) is 3.88. The topological polar surface area (TPSA) is 134 Å². The molecule has 4 aliphatic rings. The maximum Gasteiger partial charge on any atom is 0.412 e. The normalized spacial score (nSPS) is 28.6. The van der Waals surface area contributed by atoms with Crippen molar-refractivity contribution in [1.29, 1.82) is 0 Å². The highest BCUT2D eigenvalue weighted by Crippen LogP contribution is 2.45. The number of halogens is 3. The Morgan fingerprint density at radius 3 is 2.54 bits per heavy atom. The summed E-state index contributed by atoms with van der Waals surface area (Å²) in [5, 5.41) is 6.03. The Hall–Kier alpha value is -3.65. The Morgan fingerprint density at radius 1 is 1.08 bits per heavy atom. The first kappa shape index (κ1) is 34.2. The van der Waals surface area contributed by atoms with E-state index in [-0.39, 0.29) is 25.9 Å². The third kappa shape index (κ3) is 7.19. The molecule has 0 unspecified atom stereocenters. The molecular formula is C34H41F3N4O6S. The second-order valence-electron chi connectivity index (χ2n) is 13.4. The van der Waals surface area contributed by atoms with Gasteiger partial charge in [-0.15, -0.1) is 6.58 Å². The highest BCUT2D eigenvalue weighted by atomic mass is 32.2. The van der Waals surface area contributed by atoms with Crippen LogP contribution in [0.4, 0.5) is 13.2 Å². The van der Waals surface area contributed by atoms with Crippen molar-refractivity contribution in [3.63, 3.8) is 0 Å². The molecule has 48 heavy (non-hydrogen) atoms. The third-order valence-corrected chi connectivity index (χ3v) is 11.7. The Bertz CT molecular complexity index is 1700. The second kappa shape index (κ2) is 13.3. The number of benzene rings is 2. The average molecular weight is 691 g/mol. The first-order valence-electron chi connectivity index (χ1n) is 16.6. The van der Waals surface area contributed by atoms with Crippen molar-refractivity contribution in [2.75, 3.05) is 13.1 Å². The van der Waals surface area contributed by atoms with Crippen LogP contribution in [0.1, 0.15) is 63.4 Å². The number of amides is 3. The van der Waals surface area contributed by atoms with Gasteiger partial charge in [0.25, 0.3) is 5.91 Å². The monoisotopic (exact) mass is 690 g/mol. The Morgan fingerprint density at radius 2 is 1.83 bits per heavy atom. The number of fused-ring (bicyclic) bond motifs is 3. The molecule has 14 heteroatoms. The zero-order valence-corrected chi connectivity index (χ0v) is 27.4. The van der Waals surface area contributed by atoms with Gasteiger partial charge in [0, 0.05) is 17.7 Å². The van der Waals surface area contributed by atoms with E-state index in [4.69, 9.17) is 4.74 Å². The molecule has 2 heterocycles. The zero-order valence-electron chi connectivity index (χ0n) is 26.6.